The number of aryl methyl sites for hydroxylation is 1. The molecule has 1 unspecified atom stereocenters. The van der Waals surface area contributed by atoms with Crippen molar-refractivity contribution in [3.8, 4) is 0 Å². The molecule has 0 bridgehead atoms. The number of nitrogens with one attached hydrogen (secondary N) is 1. The molecule has 0 saturated carbocycles. The van der Waals surface area contributed by atoms with Gasteiger partial charge >= 0.3 is 0 Å². The van der Waals surface area contributed by atoms with Gasteiger partial charge in [0, 0.05) is 15.9 Å². The van der Waals surface area contributed by atoms with E-state index in [9.17, 15) is 0 Å². The van der Waals surface area contributed by atoms with Gasteiger partial charge in [-0.2, -0.15) is 0 Å². The second-order valence-electron chi connectivity index (χ2n) is 3.72. The summed E-state index contributed by atoms with van der Waals surface area (Å²) < 4.78 is 6.61. The zero-order chi connectivity index (χ0) is 9.97. The average molecular weight is 303 g/mol. The largest absolute Gasteiger partial charge is 0.380 e. The van der Waals surface area contributed by atoms with Gasteiger partial charge in [-0.1, -0.05) is 0 Å². The summed E-state index contributed by atoms with van der Waals surface area (Å²) in [4.78, 5) is 0. The molecule has 0 aromatic heterocycles. The first-order valence-electron chi connectivity index (χ1n) is 4.85. The molecule has 1 aromatic carbocycles. The van der Waals surface area contributed by atoms with Crippen molar-refractivity contribution >= 4 is 28.3 Å². The molecule has 14 heavy (non-hydrogen) atoms. The van der Waals surface area contributed by atoms with Crippen molar-refractivity contribution in [2.24, 2.45) is 0 Å². The Balaban J connectivity index is 2.07. The van der Waals surface area contributed by atoms with Gasteiger partial charge in [0.15, 0.2) is 0 Å². The lowest BCUT2D eigenvalue weighted by Crippen LogP contribution is -2.18. The molecule has 3 heteroatoms. The summed E-state index contributed by atoms with van der Waals surface area (Å²) in [5, 5.41) is 3.49. The Labute approximate surface area is 98.2 Å². The van der Waals surface area contributed by atoms with Crippen LogP contribution in [0.25, 0.3) is 0 Å². The molecule has 76 valence electrons. The summed E-state index contributed by atoms with van der Waals surface area (Å²) >= 11 is 2.35. The van der Waals surface area contributed by atoms with Gasteiger partial charge in [-0.25, -0.2) is 0 Å². The van der Waals surface area contributed by atoms with Crippen molar-refractivity contribution in [1.29, 1.82) is 0 Å². The number of ether oxygens (including phenoxy) is 1. The molecule has 1 aliphatic heterocycles. The van der Waals surface area contributed by atoms with Crippen LogP contribution >= 0.6 is 22.6 Å². The van der Waals surface area contributed by atoms with E-state index in [0.29, 0.717) is 6.04 Å². The lowest BCUT2D eigenvalue weighted by atomic mass is 10.2. The van der Waals surface area contributed by atoms with Crippen LogP contribution in [0.15, 0.2) is 18.2 Å². The maximum atomic E-state index is 5.33. The van der Waals surface area contributed by atoms with Crippen LogP contribution in [0, 0.1) is 10.5 Å². The van der Waals surface area contributed by atoms with E-state index in [4.69, 9.17) is 4.74 Å². The van der Waals surface area contributed by atoms with Crippen molar-refractivity contribution in [3.05, 3.63) is 27.3 Å². The fourth-order valence-corrected chi connectivity index (χ4v) is 2.53. The van der Waals surface area contributed by atoms with Gasteiger partial charge in [-0.3, -0.25) is 0 Å². The Morgan fingerprint density at radius 1 is 1.43 bits per heavy atom. The predicted octanol–water partition coefficient (Wildman–Crippen LogP) is 2.80. The van der Waals surface area contributed by atoms with Gasteiger partial charge in [0.05, 0.1) is 12.6 Å². The normalized spacial score (nSPS) is 21.1. The van der Waals surface area contributed by atoms with Gasteiger partial charge in [0.1, 0.15) is 0 Å². The zero-order valence-corrected chi connectivity index (χ0v) is 10.4. The van der Waals surface area contributed by atoms with Gasteiger partial charge < -0.3 is 10.1 Å². The number of anilines is 1. The molecule has 1 aliphatic rings. The lowest BCUT2D eigenvalue weighted by Gasteiger charge is -2.13. The smallest absolute Gasteiger partial charge is 0.0668 e. The Bertz CT molecular complexity index is 301. The topological polar surface area (TPSA) is 21.3 Å². The summed E-state index contributed by atoms with van der Waals surface area (Å²) in [6.45, 7) is 3.85. The summed E-state index contributed by atoms with van der Waals surface area (Å²) in [7, 11) is 0. The first-order chi connectivity index (χ1) is 6.74. The Kier molecular flexibility index (Phi) is 3.28. The van der Waals surface area contributed by atoms with Gasteiger partial charge in [0.2, 0.25) is 0 Å². The van der Waals surface area contributed by atoms with Crippen LogP contribution in [0.4, 0.5) is 5.69 Å². The minimum absolute atomic E-state index is 0.493. The second kappa shape index (κ2) is 4.49. The molecule has 1 atom stereocenters. The molecule has 1 aromatic rings. The molecule has 0 radical (unpaired) electrons. The molecular formula is C11H14INO. The SMILES string of the molecule is Cc1cc(I)cc(NC2CCOC2)c1. The highest BCUT2D eigenvalue weighted by Gasteiger charge is 2.14. The van der Waals surface area contributed by atoms with Crippen LogP contribution in [0.2, 0.25) is 0 Å². The molecule has 1 fully saturated rings. The van der Waals surface area contributed by atoms with E-state index in [2.05, 4.69) is 53.0 Å². The zero-order valence-electron chi connectivity index (χ0n) is 8.22. The van der Waals surface area contributed by atoms with Crippen LogP contribution in [0.3, 0.4) is 0 Å². The van der Waals surface area contributed by atoms with E-state index in [1.165, 1.54) is 14.8 Å². The van der Waals surface area contributed by atoms with E-state index in [1.807, 2.05) is 0 Å². The molecule has 0 spiro atoms. The summed E-state index contributed by atoms with van der Waals surface area (Å²) in [5.74, 6) is 0. The van der Waals surface area contributed by atoms with Crippen LogP contribution in [-0.4, -0.2) is 19.3 Å². The fourth-order valence-electron chi connectivity index (χ4n) is 1.70. The average Bonchev–Trinajstić information content (AvgIpc) is 2.54. The monoisotopic (exact) mass is 303 g/mol. The van der Waals surface area contributed by atoms with Crippen LogP contribution < -0.4 is 5.32 Å². The lowest BCUT2D eigenvalue weighted by molar-refractivity contribution is 0.195. The third kappa shape index (κ3) is 2.60. The minimum atomic E-state index is 0.493. The third-order valence-corrected chi connectivity index (χ3v) is 2.97. The van der Waals surface area contributed by atoms with Crippen LogP contribution in [0.1, 0.15) is 12.0 Å². The van der Waals surface area contributed by atoms with Crippen molar-refractivity contribution in [3.63, 3.8) is 0 Å². The predicted molar refractivity (Wildman–Crippen MR) is 66.7 cm³/mol. The van der Waals surface area contributed by atoms with Gasteiger partial charge in [0.25, 0.3) is 0 Å². The highest BCUT2D eigenvalue weighted by atomic mass is 127. The van der Waals surface area contributed by atoms with E-state index in [-0.39, 0.29) is 0 Å². The number of halogens is 1. The van der Waals surface area contributed by atoms with Gasteiger partial charge in [-0.15, -0.1) is 0 Å². The van der Waals surface area contributed by atoms with Crippen molar-refractivity contribution in [2.45, 2.75) is 19.4 Å². The molecule has 2 rings (SSSR count). The van der Waals surface area contributed by atoms with Gasteiger partial charge in [-0.05, 0) is 59.7 Å². The fraction of sp³-hybridized carbons (Fsp3) is 0.455. The Morgan fingerprint density at radius 3 is 2.93 bits per heavy atom. The van der Waals surface area contributed by atoms with Crippen LogP contribution in [-0.2, 0) is 4.74 Å². The summed E-state index contributed by atoms with van der Waals surface area (Å²) in [6.07, 6.45) is 1.12. The standard InChI is InChI=1S/C11H14INO/c1-8-4-9(12)6-11(5-8)13-10-2-3-14-7-10/h4-6,10,13H,2-3,7H2,1H3. The van der Waals surface area contributed by atoms with E-state index in [0.717, 1.165) is 19.6 Å². The van der Waals surface area contributed by atoms with E-state index < -0.39 is 0 Å². The first kappa shape index (κ1) is 10.2. The molecule has 1 N–H and O–H groups in total. The van der Waals surface area contributed by atoms with E-state index >= 15 is 0 Å². The van der Waals surface area contributed by atoms with Crippen molar-refractivity contribution < 1.29 is 4.74 Å². The van der Waals surface area contributed by atoms with Crippen molar-refractivity contribution in [2.75, 3.05) is 18.5 Å². The highest BCUT2D eigenvalue weighted by Crippen LogP contribution is 2.18. The molecule has 0 amide bonds. The number of hydrogen-bond acceptors (Lipinski definition) is 2. The maximum absolute atomic E-state index is 5.33. The molecular weight excluding hydrogens is 289 g/mol. The minimum Gasteiger partial charge on any atom is -0.380 e. The van der Waals surface area contributed by atoms with E-state index in [1.54, 1.807) is 0 Å². The Hall–Kier alpha value is -0.290. The number of rotatable bonds is 2. The Morgan fingerprint density at radius 2 is 2.29 bits per heavy atom. The number of hydrogen-bond donors (Lipinski definition) is 1. The molecule has 2 nitrogen and oxygen atoms in total. The molecule has 0 aliphatic carbocycles. The summed E-state index contributed by atoms with van der Waals surface area (Å²) in [5.41, 5.74) is 2.52. The summed E-state index contributed by atoms with van der Waals surface area (Å²) in [6, 6.07) is 7.02. The quantitative estimate of drug-likeness (QED) is 0.848. The second-order valence-corrected chi connectivity index (χ2v) is 4.97. The van der Waals surface area contributed by atoms with Crippen LogP contribution in [0.5, 0.6) is 0 Å². The van der Waals surface area contributed by atoms with Crippen molar-refractivity contribution in [1.82, 2.24) is 0 Å². The maximum Gasteiger partial charge on any atom is 0.0668 e. The third-order valence-electron chi connectivity index (χ3n) is 2.34. The first-order valence-corrected chi connectivity index (χ1v) is 5.93. The number of benzene rings is 1. The molecule has 1 heterocycles. The molecule has 1 saturated heterocycles. The highest BCUT2D eigenvalue weighted by molar-refractivity contribution is 14.1.